The van der Waals surface area contributed by atoms with Crippen molar-refractivity contribution in [3.8, 4) is 0 Å². The highest BCUT2D eigenvalue weighted by Crippen LogP contribution is 2.25. The first-order valence-corrected chi connectivity index (χ1v) is 4.88. The highest BCUT2D eigenvalue weighted by Gasteiger charge is 2.08. The minimum atomic E-state index is -0.459. The average molecular weight is 205 g/mol. The van der Waals surface area contributed by atoms with Crippen molar-refractivity contribution in [3.05, 3.63) is 59.6 Å². The summed E-state index contributed by atoms with van der Waals surface area (Å²) >= 11 is 0. The molecule has 0 fully saturated rings. The van der Waals surface area contributed by atoms with Crippen LogP contribution in [0.3, 0.4) is 0 Å². The summed E-state index contributed by atoms with van der Waals surface area (Å²) in [5.74, 6) is -0.459. The van der Waals surface area contributed by atoms with E-state index in [1.807, 2.05) is 13.0 Å². The second kappa shape index (κ2) is 4.78. The molecule has 2 N–H and O–H groups in total. The molecule has 0 atom stereocenters. The molecule has 0 unspecified atom stereocenters. The Morgan fingerprint density at radius 3 is 2.60 bits per heavy atom. The molecule has 15 heavy (non-hydrogen) atoms. The zero-order valence-corrected chi connectivity index (χ0v) is 9.02. The van der Waals surface area contributed by atoms with Crippen LogP contribution in [0.2, 0.25) is 0 Å². The fraction of sp³-hybridized carbons (Fsp3) is 0.231. The maximum Gasteiger partial charge on any atom is 0.116 e. The predicted octanol–water partition coefficient (Wildman–Crippen LogP) is 3.53. The van der Waals surface area contributed by atoms with Gasteiger partial charge in [-0.05, 0) is 42.6 Å². The van der Waals surface area contributed by atoms with Crippen molar-refractivity contribution in [2.24, 2.45) is 5.73 Å². The van der Waals surface area contributed by atoms with E-state index in [1.54, 1.807) is 6.08 Å². The van der Waals surface area contributed by atoms with Crippen LogP contribution in [0.4, 0.5) is 4.39 Å². The van der Waals surface area contributed by atoms with Crippen molar-refractivity contribution < 1.29 is 4.39 Å². The minimum Gasteiger partial charge on any atom is -0.402 e. The molecular formula is C13H16FN. The van der Waals surface area contributed by atoms with Gasteiger partial charge in [-0.15, -0.1) is 0 Å². The fourth-order valence-electron chi connectivity index (χ4n) is 1.44. The topological polar surface area (TPSA) is 26.0 Å². The van der Waals surface area contributed by atoms with Gasteiger partial charge in [0, 0.05) is 5.70 Å². The summed E-state index contributed by atoms with van der Waals surface area (Å²) < 4.78 is 12.4. The van der Waals surface area contributed by atoms with Crippen LogP contribution in [-0.4, -0.2) is 0 Å². The Morgan fingerprint density at radius 1 is 1.40 bits per heavy atom. The van der Waals surface area contributed by atoms with E-state index in [1.165, 1.54) is 6.08 Å². The molecule has 0 heterocycles. The van der Waals surface area contributed by atoms with Gasteiger partial charge in [-0.1, -0.05) is 25.3 Å². The lowest BCUT2D eigenvalue weighted by atomic mass is 9.93. The van der Waals surface area contributed by atoms with E-state index in [9.17, 15) is 4.39 Å². The SMILES string of the molecule is C=C(F)/C=C\C(=C)C1=CC(C)=C(N)CC1. The van der Waals surface area contributed by atoms with Crippen LogP contribution >= 0.6 is 0 Å². The average Bonchev–Trinajstić information content (AvgIpc) is 2.18. The number of rotatable bonds is 3. The van der Waals surface area contributed by atoms with E-state index in [0.717, 1.165) is 35.3 Å². The lowest BCUT2D eigenvalue weighted by Gasteiger charge is -2.15. The highest BCUT2D eigenvalue weighted by molar-refractivity contribution is 5.45. The Bertz CT molecular complexity index is 383. The molecule has 0 aliphatic heterocycles. The molecule has 80 valence electrons. The van der Waals surface area contributed by atoms with Gasteiger partial charge in [0.05, 0.1) is 0 Å². The largest absolute Gasteiger partial charge is 0.402 e. The lowest BCUT2D eigenvalue weighted by molar-refractivity contribution is 0.671. The number of allylic oxidation sites excluding steroid dienone is 8. The van der Waals surface area contributed by atoms with Gasteiger partial charge in [0.2, 0.25) is 0 Å². The van der Waals surface area contributed by atoms with Crippen LogP contribution < -0.4 is 5.73 Å². The first kappa shape index (κ1) is 11.5. The van der Waals surface area contributed by atoms with Crippen LogP contribution in [0.15, 0.2) is 59.6 Å². The van der Waals surface area contributed by atoms with Crippen molar-refractivity contribution in [1.29, 1.82) is 0 Å². The van der Waals surface area contributed by atoms with E-state index >= 15 is 0 Å². The van der Waals surface area contributed by atoms with E-state index in [0.29, 0.717) is 0 Å². The van der Waals surface area contributed by atoms with E-state index in [-0.39, 0.29) is 0 Å². The van der Waals surface area contributed by atoms with E-state index in [4.69, 9.17) is 5.73 Å². The Kier molecular flexibility index (Phi) is 3.67. The molecule has 1 nitrogen and oxygen atoms in total. The van der Waals surface area contributed by atoms with Crippen LogP contribution in [0.25, 0.3) is 0 Å². The molecule has 2 heteroatoms. The first-order chi connectivity index (χ1) is 7.00. The molecule has 0 amide bonds. The molecule has 0 bridgehead atoms. The quantitative estimate of drug-likeness (QED) is 0.701. The molecule has 0 aromatic heterocycles. The maximum atomic E-state index is 12.4. The normalized spacial score (nSPS) is 16.8. The van der Waals surface area contributed by atoms with E-state index < -0.39 is 5.83 Å². The summed E-state index contributed by atoms with van der Waals surface area (Å²) in [6.45, 7) is 9.01. The molecule has 0 aromatic rings. The second-order valence-corrected chi connectivity index (χ2v) is 3.68. The minimum absolute atomic E-state index is 0.459. The van der Waals surface area contributed by atoms with Crippen molar-refractivity contribution in [2.75, 3.05) is 0 Å². The summed E-state index contributed by atoms with van der Waals surface area (Å²) in [5, 5.41) is 0. The molecular weight excluding hydrogens is 189 g/mol. The number of nitrogens with two attached hydrogens (primary N) is 1. The number of hydrogen-bond donors (Lipinski definition) is 1. The van der Waals surface area contributed by atoms with Crippen LogP contribution in [0.5, 0.6) is 0 Å². The number of halogens is 1. The standard InChI is InChI=1S/C13H16FN/c1-9(4-5-11(3)14)12-6-7-13(15)10(2)8-12/h4-5,8H,1,3,6-7,15H2,2H3/b5-4-. The Labute approximate surface area is 90.2 Å². The summed E-state index contributed by atoms with van der Waals surface area (Å²) in [7, 11) is 0. The van der Waals surface area contributed by atoms with Gasteiger partial charge in [-0.25, -0.2) is 4.39 Å². The highest BCUT2D eigenvalue weighted by atomic mass is 19.1. The Balaban J connectivity index is 2.79. The van der Waals surface area contributed by atoms with Gasteiger partial charge < -0.3 is 5.73 Å². The van der Waals surface area contributed by atoms with Gasteiger partial charge in [0.1, 0.15) is 5.83 Å². The van der Waals surface area contributed by atoms with Gasteiger partial charge in [-0.3, -0.25) is 0 Å². The molecule has 1 rings (SSSR count). The predicted molar refractivity (Wildman–Crippen MR) is 62.7 cm³/mol. The van der Waals surface area contributed by atoms with Crippen molar-refractivity contribution in [1.82, 2.24) is 0 Å². The summed E-state index contributed by atoms with van der Waals surface area (Å²) in [6.07, 6.45) is 6.68. The van der Waals surface area contributed by atoms with Gasteiger partial charge in [0.15, 0.2) is 0 Å². The molecule has 0 spiro atoms. The summed E-state index contributed by atoms with van der Waals surface area (Å²) in [4.78, 5) is 0. The van der Waals surface area contributed by atoms with Gasteiger partial charge in [0.25, 0.3) is 0 Å². The molecule has 0 saturated heterocycles. The third kappa shape index (κ3) is 3.24. The zero-order valence-electron chi connectivity index (χ0n) is 9.02. The van der Waals surface area contributed by atoms with Crippen molar-refractivity contribution in [3.63, 3.8) is 0 Å². The Morgan fingerprint density at radius 2 is 2.07 bits per heavy atom. The van der Waals surface area contributed by atoms with Gasteiger partial charge in [-0.2, -0.15) is 0 Å². The summed E-state index contributed by atoms with van der Waals surface area (Å²) in [6, 6.07) is 0. The Hall–Kier alpha value is -1.57. The van der Waals surface area contributed by atoms with Crippen LogP contribution in [0, 0.1) is 0 Å². The zero-order chi connectivity index (χ0) is 11.4. The smallest absolute Gasteiger partial charge is 0.116 e. The van der Waals surface area contributed by atoms with E-state index in [2.05, 4.69) is 13.2 Å². The second-order valence-electron chi connectivity index (χ2n) is 3.68. The van der Waals surface area contributed by atoms with Gasteiger partial charge >= 0.3 is 0 Å². The van der Waals surface area contributed by atoms with Crippen LogP contribution in [-0.2, 0) is 0 Å². The summed E-state index contributed by atoms with van der Waals surface area (Å²) in [5.41, 5.74) is 9.70. The van der Waals surface area contributed by atoms with Crippen molar-refractivity contribution >= 4 is 0 Å². The fourth-order valence-corrected chi connectivity index (χ4v) is 1.44. The van der Waals surface area contributed by atoms with Crippen molar-refractivity contribution in [2.45, 2.75) is 19.8 Å². The lowest BCUT2D eigenvalue weighted by Crippen LogP contribution is -2.05. The molecule has 0 saturated carbocycles. The van der Waals surface area contributed by atoms with Crippen LogP contribution in [0.1, 0.15) is 19.8 Å². The third-order valence-electron chi connectivity index (χ3n) is 2.44. The molecule has 0 aromatic carbocycles. The molecule has 0 radical (unpaired) electrons. The first-order valence-electron chi connectivity index (χ1n) is 4.88. The molecule has 1 aliphatic rings. The monoisotopic (exact) mass is 205 g/mol. The maximum absolute atomic E-state index is 12.4. The molecule has 1 aliphatic carbocycles. The number of hydrogen-bond acceptors (Lipinski definition) is 1. The third-order valence-corrected chi connectivity index (χ3v) is 2.44.